The maximum atomic E-state index is 12.8. The van der Waals surface area contributed by atoms with E-state index in [0.29, 0.717) is 12.8 Å². The van der Waals surface area contributed by atoms with Gasteiger partial charge in [-0.1, -0.05) is 192 Å². The molecule has 0 radical (unpaired) electrons. The number of allylic oxidation sites excluding steroid dienone is 6. The fourth-order valence-corrected chi connectivity index (χ4v) is 7.86. The van der Waals surface area contributed by atoms with E-state index in [1.165, 1.54) is 154 Å². The Morgan fingerprint density at radius 3 is 1.24 bits per heavy atom. The molecule has 0 rings (SSSR count). The normalized spacial score (nSPS) is 13.1. The van der Waals surface area contributed by atoms with Gasteiger partial charge in [0.05, 0.1) is 40.3 Å². The van der Waals surface area contributed by atoms with Crippen LogP contribution in [0.3, 0.4) is 0 Å². The van der Waals surface area contributed by atoms with E-state index in [9.17, 15) is 19.5 Å². The van der Waals surface area contributed by atoms with Crippen LogP contribution in [-0.4, -0.2) is 75.5 Å². The van der Waals surface area contributed by atoms with Gasteiger partial charge in [0.15, 0.2) is 6.10 Å². The summed E-state index contributed by atoms with van der Waals surface area (Å²) in [5, 5.41) is 11.7. The molecule has 0 heterocycles. The molecule has 8 heteroatoms. The minimum Gasteiger partial charge on any atom is -0.544 e. The van der Waals surface area contributed by atoms with Gasteiger partial charge < -0.3 is 28.6 Å². The Bertz CT molecular complexity index is 1130. The van der Waals surface area contributed by atoms with Crippen molar-refractivity contribution in [2.24, 2.45) is 0 Å². The summed E-state index contributed by atoms with van der Waals surface area (Å²) in [6.45, 7) is 4.67. The predicted octanol–water partition coefficient (Wildman–Crippen LogP) is 14.0. The number of quaternary nitrogens is 1. The standard InChI is InChI=1S/C55H101NO7/c1-6-8-10-12-14-16-18-20-22-24-25-26-27-28-29-30-32-34-36-38-40-42-44-46-54(58)63-51(49-61-48-47-52(55(59)60)56(3,4)5)50-62-53(57)45-43-41-39-37-35-33-31-23-21-19-17-15-13-11-9-7-2/h18,20,23-25,31,51-52H,6-17,19,21-22,26-30,32-50H2,1-5H3/b20-18-,25-24-,31-23-. The molecule has 0 aromatic carbocycles. The average molecular weight is 888 g/mol. The lowest BCUT2D eigenvalue weighted by molar-refractivity contribution is -0.889. The van der Waals surface area contributed by atoms with Crippen LogP contribution in [0.1, 0.15) is 245 Å². The lowest BCUT2D eigenvalue weighted by atomic mass is 10.0. The number of rotatable bonds is 48. The van der Waals surface area contributed by atoms with E-state index in [1.807, 2.05) is 0 Å². The lowest BCUT2D eigenvalue weighted by Crippen LogP contribution is -2.55. The largest absolute Gasteiger partial charge is 0.544 e. The number of nitrogens with zero attached hydrogens (tertiary/aromatic N) is 1. The van der Waals surface area contributed by atoms with E-state index in [2.05, 4.69) is 50.3 Å². The molecular weight excluding hydrogens is 787 g/mol. The number of hydrogen-bond acceptors (Lipinski definition) is 7. The van der Waals surface area contributed by atoms with E-state index < -0.39 is 18.1 Å². The molecule has 0 aromatic rings. The number of aliphatic carboxylic acids is 1. The molecule has 0 aliphatic rings. The topological polar surface area (TPSA) is 102 Å². The number of hydrogen-bond donors (Lipinski definition) is 0. The number of carboxylic acids is 1. The van der Waals surface area contributed by atoms with E-state index in [1.54, 1.807) is 21.1 Å². The number of carboxylic acid groups (broad SMARTS) is 1. The Balaban J connectivity index is 4.21. The Morgan fingerprint density at radius 2 is 0.841 bits per heavy atom. The molecule has 0 N–H and O–H groups in total. The SMILES string of the molecule is CCCCCCC/C=C\C/C=C\CCCCCCCCCCCCCC(=O)OC(COCCC(C(=O)[O-])[N+](C)(C)C)COC(=O)CCCCCCC/C=C\CCCCCCCCC. The van der Waals surface area contributed by atoms with E-state index in [4.69, 9.17) is 14.2 Å². The van der Waals surface area contributed by atoms with Crippen molar-refractivity contribution in [1.29, 1.82) is 0 Å². The Kier molecular flexibility index (Phi) is 44.3. The summed E-state index contributed by atoms with van der Waals surface area (Å²) >= 11 is 0. The summed E-state index contributed by atoms with van der Waals surface area (Å²) in [7, 11) is 5.42. The first-order chi connectivity index (χ1) is 30.6. The molecule has 0 spiro atoms. The summed E-state index contributed by atoms with van der Waals surface area (Å²) in [5.41, 5.74) is 0. The molecule has 0 aromatic heterocycles. The van der Waals surface area contributed by atoms with Gasteiger partial charge in [-0.3, -0.25) is 9.59 Å². The highest BCUT2D eigenvalue weighted by molar-refractivity contribution is 5.70. The fourth-order valence-electron chi connectivity index (χ4n) is 7.86. The smallest absolute Gasteiger partial charge is 0.306 e. The summed E-state index contributed by atoms with van der Waals surface area (Å²) in [5.74, 6) is -1.74. The average Bonchev–Trinajstić information content (AvgIpc) is 3.24. The van der Waals surface area contributed by atoms with Gasteiger partial charge >= 0.3 is 11.9 Å². The molecule has 8 nitrogen and oxygen atoms in total. The lowest BCUT2D eigenvalue weighted by Gasteiger charge is -2.34. The number of esters is 2. The summed E-state index contributed by atoms with van der Waals surface area (Å²) in [4.78, 5) is 37.0. The molecule has 0 aliphatic carbocycles. The molecule has 0 fully saturated rings. The van der Waals surface area contributed by atoms with Crippen LogP contribution in [0.2, 0.25) is 0 Å². The Hall–Kier alpha value is -2.45. The third-order valence-corrected chi connectivity index (χ3v) is 12.0. The number of carbonyl (C=O) groups is 3. The number of likely N-dealkylation sites (N-methyl/N-ethyl adjacent to an activating group) is 1. The highest BCUT2D eigenvalue weighted by Crippen LogP contribution is 2.15. The minimum absolute atomic E-state index is 0.0394. The molecule has 0 aliphatic heterocycles. The van der Waals surface area contributed by atoms with Crippen molar-refractivity contribution < 1.29 is 38.2 Å². The predicted molar refractivity (Wildman–Crippen MR) is 263 cm³/mol. The molecular formula is C55H101NO7. The highest BCUT2D eigenvalue weighted by atomic mass is 16.6. The Labute approximate surface area is 389 Å². The van der Waals surface area contributed by atoms with Crippen molar-refractivity contribution in [3.05, 3.63) is 36.5 Å². The van der Waals surface area contributed by atoms with Gasteiger partial charge in [-0.05, 0) is 70.6 Å². The van der Waals surface area contributed by atoms with E-state index in [-0.39, 0.29) is 42.7 Å². The summed E-state index contributed by atoms with van der Waals surface area (Å²) < 4.78 is 17.3. The zero-order chi connectivity index (χ0) is 46.3. The van der Waals surface area contributed by atoms with Gasteiger partial charge in [-0.15, -0.1) is 0 Å². The van der Waals surface area contributed by atoms with Crippen LogP contribution in [0.15, 0.2) is 36.5 Å². The number of carbonyl (C=O) groups excluding carboxylic acids is 3. The minimum atomic E-state index is -1.12. The molecule has 0 bridgehead atoms. The van der Waals surface area contributed by atoms with Crippen LogP contribution < -0.4 is 5.11 Å². The number of ether oxygens (including phenoxy) is 3. The van der Waals surface area contributed by atoms with Gasteiger partial charge in [0.2, 0.25) is 0 Å². The van der Waals surface area contributed by atoms with Crippen molar-refractivity contribution in [1.82, 2.24) is 0 Å². The van der Waals surface area contributed by atoms with Crippen molar-refractivity contribution in [3.63, 3.8) is 0 Å². The molecule has 63 heavy (non-hydrogen) atoms. The second-order valence-corrected chi connectivity index (χ2v) is 19.1. The van der Waals surface area contributed by atoms with Gasteiger partial charge in [-0.2, -0.15) is 0 Å². The molecule has 0 saturated carbocycles. The summed E-state index contributed by atoms with van der Waals surface area (Å²) in [6, 6.07) is -0.727. The first-order valence-corrected chi connectivity index (χ1v) is 26.5. The fraction of sp³-hybridized carbons (Fsp3) is 0.836. The van der Waals surface area contributed by atoms with Gasteiger partial charge in [-0.25, -0.2) is 0 Å². The monoisotopic (exact) mass is 888 g/mol. The Morgan fingerprint density at radius 1 is 0.476 bits per heavy atom. The van der Waals surface area contributed by atoms with Crippen LogP contribution in [-0.2, 0) is 28.6 Å². The molecule has 368 valence electrons. The molecule has 0 amide bonds. The second kappa shape index (κ2) is 46.1. The first kappa shape index (κ1) is 60.5. The van der Waals surface area contributed by atoms with Crippen LogP contribution in [0.5, 0.6) is 0 Å². The van der Waals surface area contributed by atoms with Crippen molar-refractivity contribution >= 4 is 17.9 Å². The maximum Gasteiger partial charge on any atom is 0.306 e. The molecule has 2 atom stereocenters. The van der Waals surface area contributed by atoms with Crippen LogP contribution in [0.4, 0.5) is 0 Å². The highest BCUT2D eigenvalue weighted by Gasteiger charge is 2.25. The van der Waals surface area contributed by atoms with Crippen LogP contribution >= 0.6 is 0 Å². The van der Waals surface area contributed by atoms with Gasteiger partial charge in [0.1, 0.15) is 12.6 Å². The molecule has 2 unspecified atom stereocenters. The number of unbranched alkanes of at least 4 members (excludes halogenated alkanes) is 28. The first-order valence-electron chi connectivity index (χ1n) is 26.5. The van der Waals surface area contributed by atoms with Crippen LogP contribution in [0.25, 0.3) is 0 Å². The quantitative estimate of drug-likeness (QED) is 0.0259. The van der Waals surface area contributed by atoms with Crippen molar-refractivity contribution in [2.75, 3.05) is 41.0 Å². The van der Waals surface area contributed by atoms with Crippen molar-refractivity contribution in [2.45, 2.75) is 257 Å². The zero-order valence-electron chi connectivity index (χ0n) is 42.0. The zero-order valence-corrected chi connectivity index (χ0v) is 42.0. The van der Waals surface area contributed by atoms with Gasteiger partial charge in [0, 0.05) is 19.3 Å². The van der Waals surface area contributed by atoms with E-state index >= 15 is 0 Å². The van der Waals surface area contributed by atoms with Crippen LogP contribution in [0, 0.1) is 0 Å². The second-order valence-electron chi connectivity index (χ2n) is 19.1. The van der Waals surface area contributed by atoms with Gasteiger partial charge in [0.25, 0.3) is 0 Å². The maximum absolute atomic E-state index is 12.8. The summed E-state index contributed by atoms with van der Waals surface area (Å²) in [6.07, 6.45) is 54.6. The third kappa shape index (κ3) is 44.5. The van der Waals surface area contributed by atoms with Crippen molar-refractivity contribution in [3.8, 4) is 0 Å². The third-order valence-electron chi connectivity index (χ3n) is 12.0. The van der Waals surface area contributed by atoms with E-state index in [0.717, 1.165) is 57.8 Å². The molecule has 0 saturated heterocycles.